The van der Waals surface area contributed by atoms with Crippen LogP contribution in [0.2, 0.25) is 5.02 Å². The van der Waals surface area contributed by atoms with E-state index < -0.39 is 0 Å². The molecule has 1 aromatic rings. The van der Waals surface area contributed by atoms with Crippen LogP contribution in [-0.2, 0) is 4.79 Å². The zero-order valence-corrected chi connectivity index (χ0v) is 13.3. The molecule has 0 spiro atoms. The maximum absolute atomic E-state index is 12.1. The van der Waals surface area contributed by atoms with Crippen molar-refractivity contribution in [1.29, 1.82) is 0 Å². The number of halogens is 2. The predicted molar refractivity (Wildman–Crippen MR) is 83.0 cm³/mol. The van der Waals surface area contributed by atoms with Crippen molar-refractivity contribution in [1.82, 2.24) is 10.2 Å². The van der Waals surface area contributed by atoms with Crippen LogP contribution in [0, 0.1) is 6.92 Å². The van der Waals surface area contributed by atoms with Crippen molar-refractivity contribution >= 4 is 29.9 Å². The van der Waals surface area contributed by atoms with Gasteiger partial charge in [0, 0.05) is 36.3 Å². The molecule has 1 N–H and O–H groups in total. The average Bonchev–Trinajstić information content (AvgIpc) is 2.40. The highest BCUT2D eigenvalue weighted by Crippen LogP contribution is 2.25. The zero-order chi connectivity index (χ0) is 13.8. The number of carbonyl (C=O) groups is 1. The topological polar surface area (TPSA) is 41.6 Å². The Hall–Kier alpha value is -0.970. The van der Waals surface area contributed by atoms with Crippen molar-refractivity contribution in [2.24, 2.45) is 0 Å². The standard InChI is InChI=1S/C14H19ClN2O2.ClH/c1-10-8-16-6-7-17(10)14(18)9-19-13-5-3-4-12(15)11(13)2;/h3-5,10,16H,6-9H2,1-2H3;1H/t10-;/m0./s1. The van der Waals surface area contributed by atoms with E-state index in [2.05, 4.69) is 5.32 Å². The number of carbonyl (C=O) groups excluding carboxylic acids is 1. The molecule has 1 aliphatic heterocycles. The van der Waals surface area contributed by atoms with Gasteiger partial charge in [-0.15, -0.1) is 12.4 Å². The van der Waals surface area contributed by atoms with Crippen LogP contribution in [0.3, 0.4) is 0 Å². The Balaban J connectivity index is 0.00000200. The van der Waals surface area contributed by atoms with Crippen LogP contribution in [0.4, 0.5) is 0 Å². The average molecular weight is 319 g/mol. The van der Waals surface area contributed by atoms with Gasteiger partial charge in [0.25, 0.3) is 5.91 Å². The molecule has 0 bridgehead atoms. The predicted octanol–water partition coefficient (Wildman–Crippen LogP) is 2.27. The van der Waals surface area contributed by atoms with Gasteiger partial charge in [0.2, 0.25) is 0 Å². The molecule has 4 nitrogen and oxygen atoms in total. The molecule has 0 saturated carbocycles. The van der Waals surface area contributed by atoms with E-state index in [4.69, 9.17) is 16.3 Å². The van der Waals surface area contributed by atoms with Gasteiger partial charge < -0.3 is 15.0 Å². The van der Waals surface area contributed by atoms with E-state index in [0.29, 0.717) is 10.8 Å². The fourth-order valence-corrected chi connectivity index (χ4v) is 2.34. The molecule has 1 amide bonds. The Morgan fingerprint density at radius 3 is 3.00 bits per heavy atom. The number of amides is 1. The molecule has 1 fully saturated rings. The lowest BCUT2D eigenvalue weighted by Gasteiger charge is -2.33. The van der Waals surface area contributed by atoms with Gasteiger partial charge in [-0.3, -0.25) is 4.79 Å². The summed E-state index contributed by atoms with van der Waals surface area (Å²) in [6.07, 6.45) is 0. The molecule has 1 aliphatic rings. The summed E-state index contributed by atoms with van der Waals surface area (Å²) in [5, 5.41) is 3.91. The van der Waals surface area contributed by atoms with Gasteiger partial charge in [0.1, 0.15) is 5.75 Å². The molecule has 2 rings (SSSR count). The molecule has 6 heteroatoms. The van der Waals surface area contributed by atoms with Crippen molar-refractivity contribution in [2.75, 3.05) is 26.2 Å². The van der Waals surface area contributed by atoms with Gasteiger partial charge in [-0.25, -0.2) is 0 Å². The molecule has 1 heterocycles. The highest BCUT2D eigenvalue weighted by Gasteiger charge is 2.23. The molecule has 1 aromatic carbocycles. The molecule has 1 saturated heterocycles. The summed E-state index contributed by atoms with van der Waals surface area (Å²) in [7, 11) is 0. The summed E-state index contributed by atoms with van der Waals surface area (Å²) >= 11 is 6.02. The maximum atomic E-state index is 12.1. The van der Waals surface area contributed by atoms with Crippen LogP contribution in [-0.4, -0.2) is 43.1 Å². The van der Waals surface area contributed by atoms with Gasteiger partial charge in [0.15, 0.2) is 6.61 Å². The van der Waals surface area contributed by atoms with Crippen molar-refractivity contribution in [3.63, 3.8) is 0 Å². The Labute approximate surface area is 130 Å². The third-order valence-corrected chi connectivity index (χ3v) is 3.80. The molecule has 0 radical (unpaired) electrons. The number of nitrogens with one attached hydrogen (secondary N) is 1. The monoisotopic (exact) mass is 318 g/mol. The Morgan fingerprint density at radius 2 is 2.30 bits per heavy atom. The van der Waals surface area contributed by atoms with Gasteiger partial charge in [0.05, 0.1) is 0 Å². The van der Waals surface area contributed by atoms with Crippen LogP contribution in [0.25, 0.3) is 0 Å². The van der Waals surface area contributed by atoms with Crippen LogP contribution < -0.4 is 10.1 Å². The first-order valence-corrected chi connectivity index (χ1v) is 6.85. The normalized spacial score (nSPS) is 18.4. The Bertz CT molecular complexity index is 468. The minimum Gasteiger partial charge on any atom is -0.483 e. The van der Waals surface area contributed by atoms with Crippen molar-refractivity contribution in [2.45, 2.75) is 19.9 Å². The lowest BCUT2D eigenvalue weighted by atomic mass is 10.2. The summed E-state index contributed by atoms with van der Waals surface area (Å²) in [5.74, 6) is 0.692. The number of benzene rings is 1. The molecule has 112 valence electrons. The largest absolute Gasteiger partial charge is 0.483 e. The Morgan fingerprint density at radius 1 is 1.55 bits per heavy atom. The lowest BCUT2D eigenvalue weighted by Crippen LogP contribution is -2.53. The number of hydrogen-bond donors (Lipinski definition) is 1. The number of hydrogen-bond acceptors (Lipinski definition) is 3. The van der Waals surface area contributed by atoms with Crippen LogP contribution in [0.15, 0.2) is 18.2 Å². The molecule has 1 atom stereocenters. The van der Waals surface area contributed by atoms with E-state index in [1.807, 2.05) is 36.9 Å². The highest BCUT2D eigenvalue weighted by atomic mass is 35.5. The SMILES string of the molecule is Cc1c(Cl)cccc1OCC(=O)N1CCNC[C@@H]1C.Cl. The first-order valence-electron chi connectivity index (χ1n) is 6.47. The van der Waals surface area contributed by atoms with E-state index in [1.165, 1.54) is 0 Å². The lowest BCUT2D eigenvalue weighted by molar-refractivity contribution is -0.136. The maximum Gasteiger partial charge on any atom is 0.260 e. The van der Waals surface area contributed by atoms with Gasteiger partial charge in [-0.1, -0.05) is 17.7 Å². The minimum absolute atomic E-state index is 0. The summed E-state index contributed by atoms with van der Waals surface area (Å²) in [4.78, 5) is 14.0. The van der Waals surface area contributed by atoms with Crippen molar-refractivity contribution in [3.8, 4) is 5.75 Å². The van der Waals surface area contributed by atoms with E-state index in [9.17, 15) is 4.79 Å². The van der Waals surface area contributed by atoms with Gasteiger partial charge in [-0.05, 0) is 26.0 Å². The molecular weight excluding hydrogens is 299 g/mol. The quantitative estimate of drug-likeness (QED) is 0.929. The summed E-state index contributed by atoms with van der Waals surface area (Å²) < 4.78 is 5.58. The summed E-state index contributed by atoms with van der Waals surface area (Å²) in [6, 6.07) is 5.67. The summed E-state index contributed by atoms with van der Waals surface area (Å²) in [6.45, 7) is 6.39. The van der Waals surface area contributed by atoms with E-state index in [0.717, 1.165) is 25.2 Å². The van der Waals surface area contributed by atoms with E-state index in [1.54, 1.807) is 0 Å². The second kappa shape index (κ2) is 7.72. The fourth-order valence-electron chi connectivity index (χ4n) is 2.18. The molecule has 0 unspecified atom stereocenters. The fraction of sp³-hybridized carbons (Fsp3) is 0.500. The number of ether oxygens (including phenoxy) is 1. The van der Waals surface area contributed by atoms with Crippen LogP contribution in [0.1, 0.15) is 12.5 Å². The second-order valence-corrected chi connectivity index (χ2v) is 5.20. The highest BCUT2D eigenvalue weighted by molar-refractivity contribution is 6.31. The number of nitrogens with zero attached hydrogens (tertiary/aromatic N) is 1. The molecule has 0 aromatic heterocycles. The zero-order valence-electron chi connectivity index (χ0n) is 11.7. The summed E-state index contributed by atoms with van der Waals surface area (Å²) in [5.41, 5.74) is 0.866. The molecule has 0 aliphatic carbocycles. The third-order valence-electron chi connectivity index (χ3n) is 3.39. The van der Waals surface area contributed by atoms with Crippen LogP contribution >= 0.6 is 24.0 Å². The Kier molecular flexibility index (Phi) is 6.59. The van der Waals surface area contributed by atoms with Gasteiger partial charge >= 0.3 is 0 Å². The number of rotatable bonds is 3. The van der Waals surface area contributed by atoms with Gasteiger partial charge in [-0.2, -0.15) is 0 Å². The first kappa shape index (κ1) is 17.1. The smallest absolute Gasteiger partial charge is 0.260 e. The minimum atomic E-state index is 0. The molecule has 20 heavy (non-hydrogen) atoms. The van der Waals surface area contributed by atoms with Crippen molar-refractivity contribution < 1.29 is 9.53 Å². The second-order valence-electron chi connectivity index (χ2n) is 4.79. The van der Waals surface area contributed by atoms with E-state index in [-0.39, 0.29) is 31.0 Å². The first-order chi connectivity index (χ1) is 9.09. The third kappa shape index (κ3) is 4.01. The molecular formula is C14H20Cl2N2O2. The number of piperazine rings is 1. The van der Waals surface area contributed by atoms with Crippen LogP contribution in [0.5, 0.6) is 5.75 Å². The van der Waals surface area contributed by atoms with Crippen molar-refractivity contribution in [3.05, 3.63) is 28.8 Å². The van der Waals surface area contributed by atoms with E-state index >= 15 is 0 Å².